The molecule has 0 saturated carbocycles. The molecule has 3 heterocycles. The fourth-order valence-corrected chi connectivity index (χ4v) is 4.38. The third-order valence-corrected chi connectivity index (χ3v) is 6.01. The van der Waals surface area contributed by atoms with E-state index in [1.54, 1.807) is 27.7 Å². The largest absolute Gasteiger partial charge is 0.444 e. The Morgan fingerprint density at radius 3 is 2.43 bits per heavy atom. The molecule has 2 fully saturated rings. The predicted molar refractivity (Wildman–Crippen MR) is 122 cm³/mol. The lowest BCUT2D eigenvalue weighted by molar-refractivity contribution is -0.140. The highest BCUT2D eigenvalue weighted by Gasteiger charge is 2.41. The van der Waals surface area contributed by atoms with E-state index < -0.39 is 29.5 Å². The van der Waals surface area contributed by atoms with Crippen LogP contribution in [0.1, 0.15) is 53.0 Å². The van der Waals surface area contributed by atoms with E-state index in [2.05, 4.69) is 15.3 Å². The molecular formula is C23H34F3N5O4. The fraction of sp³-hybridized carbons (Fsp3) is 0.739. The molecule has 196 valence electrons. The van der Waals surface area contributed by atoms with Crippen LogP contribution in [0.15, 0.2) is 12.4 Å². The quantitative estimate of drug-likeness (QED) is 0.639. The van der Waals surface area contributed by atoms with E-state index in [9.17, 15) is 22.8 Å². The van der Waals surface area contributed by atoms with Gasteiger partial charge >= 0.3 is 12.3 Å². The van der Waals surface area contributed by atoms with Crippen molar-refractivity contribution in [2.45, 2.75) is 77.4 Å². The summed E-state index contributed by atoms with van der Waals surface area (Å²) in [5.74, 6) is 0.249. The molecule has 1 aromatic rings. The van der Waals surface area contributed by atoms with E-state index in [1.165, 1.54) is 0 Å². The molecule has 2 saturated heterocycles. The third-order valence-electron chi connectivity index (χ3n) is 6.01. The van der Waals surface area contributed by atoms with Crippen molar-refractivity contribution in [1.82, 2.24) is 20.2 Å². The van der Waals surface area contributed by atoms with Crippen molar-refractivity contribution >= 4 is 17.9 Å². The smallest absolute Gasteiger partial charge is 0.419 e. The van der Waals surface area contributed by atoms with Gasteiger partial charge in [-0.25, -0.2) is 14.8 Å². The Hall–Kier alpha value is -2.63. The van der Waals surface area contributed by atoms with Crippen LogP contribution in [0.25, 0.3) is 0 Å². The molecule has 0 radical (unpaired) electrons. The first kappa shape index (κ1) is 27.0. The maximum atomic E-state index is 13.0. The van der Waals surface area contributed by atoms with Gasteiger partial charge in [0.2, 0.25) is 5.95 Å². The number of likely N-dealkylation sites (tertiary alicyclic amines) is 1. The summed E-state index contributed by atoms with van der Waals surface area (Å²) in [5, 5.41) is 2.70. The number of anilines is 1. The number of amides is 2. The van der Waals surface area contributed by atoms with Crippen LogP contribution < -0.4 is 10.2 Å². The zero-order valence-corrected chi connectivity index (χ0v) is 20.8. The first-order chi connectivity index (χ1) is 16.2. The number of carbonyl (C=O) groups is 2. The molecule has 1 N–H and O–H groups in total. The van der Waals surface area contributed by atoms with Gasteiger partial charge in [-0.3, -0.25) is 4.79 Å². The van der Waals surface area contributed by atoms with Crippen LogP contribution in [0.4, 0.5) is 23.9 Å². The molecule has 9 nitrogen and oxygen atoms in total. The molecule has 1 aromatic heterocycles. The van der Waals surface area contributed by atoms with E-state index in [-0.39, 0.29) is 36.5 Å². The highest BCUT2D eigenvalue weighted by atomic mass is 19.4. The summed E-state index contributed by atoms with van der Waals surface area (Å²) >= 11 is 0. The number of hydrogen-bond acceptors (Lipinski definition) is 7. The van der Waals surface area contributed by atoms with Crippen molar-refractivity contribution in [1.29, 1.82) is 0 Å². The molecule has 0 unspecified atom stereocenters. The van der Waals surface area contributed by atoms with Gasteiger partial charge in [-0.15, -0.1) is 0 Å². The zero-order chi connectivity index (χ0) is 26.0. The van der Waals surface area contributed by atoms with Crippen molar-refractivity contribution in [2.24, 2.45) is 5.92 Å². The average molecular weight is 502 g/mol. The van der Waals surface area contributed by atoms with E-state index in [0.29, 0.717) is 32.5 Å². The van der Waals surface area contributed by atoms with Crippen molar-refractivity contribution < 1.29 is 32.2 Å². The summed E-state index contributed by atoms with van der Waals surface area (Å²) in [5.41, 5.74) is -1.48. The Bertz CT molecular complexity index is 891. The number of alkyl carbamates (subject to hydrolysis) is 1. The van der Waals surface area contributed by atoms with Crippen LogP contribution in [-0.2, 0) is 20.4 Å². The molecule has 0 aromatic carbocycles. The maximum absolute atomic E-state index is 13.0. The highest BCUT2D eigenvalue weighted by molar-refractivity contribution is 5.83. The maximum Gasteiger partial charge on any atom is 0.419 e. The normalized spacial score (nSPS) is 24.5. The van der Waals surface area contributed by atoms with Gasteiger partial charge in [-0.2, -0.15) is 13.2 Å². The van der Waals surface area contributed by atoms with Gasteiger partial charge in [0.05, 0.1) is 18.2 Å². The fourth-order valence-electron chi connectivity index (χ4n) is 4.38. The molecule has 2 amide bonds. The van der Waals surface area contributed by atoms with Crippen molar-refractivity contribution in [3.8, 4) is 0 Å². The van der Waals surface area contributed by atoms with Crippen LogP contribution in [-0.4, -0.2) is 76.9 Å². The van der Waals surface area contributed by atoms with E-state index in [0.717, 1.165) is 12.4 Å². The average Bonchev–Trinajstić information content (AvgIpc) is 3.10. The van der Waals surface area contributed by atoms with E-state index in [4.69, 9.17) is 9.47 Å². The SMILES string of the molecule is C[C@@H](CO[C@@H]1CCN([C@H]2CCN(c3ncc(C(F)(F)F)cn3)C[C@@H]2C)C1=O)NC(=O)OC(C)(C)C. The lowest BCUT2D eigenvalue weighted by Crippen LogP contribution is -2.52. The van der Waals surface area contributed by atoms with Crippen molar-refractivity contribution in [2.75, 3.05) is 31.1 Å². The van der Waals surface area contributed by atoms with Crippen LogP contribution in [0.2, 0.25) is 0 Å². The summed E-state index contributed by atoms with van der Waals surface area (Å²) in [7, 11) is 0. The van der Waals surface area contributed by atoms with Gasteiger partial charge in [0.15, 0.2) is 0 Å². The molecule has 35 heavy (non-hydrogen) atoms. The number of rotatable bonds is 6. The monoisotopic (exact) mass is 501 g/mol. The minimum absolute atomic E-state index is 0.000824. The number of aromatic nitrogens is 2. The van der Waals surface area contributed by atoms with E-state index in [1.807, 2.05) is 16.7 Å². The number of nitrogens with one attached hydrogen (secondary N) is 1. The molecule has 0 bridgehead atoms. The van der Waals surface area contributed by atoms with Crippen molar-refractivity contribution in [3.05, 3.63) is 18.0 Å². The Morgan fingerprint density at radius 2 is 1.86 bits per heavy atom. The van der Waals surface area contributed by atoms with E-state index >= 15 is 0 Å². The van der Waals surface area contributed by atoms with Crippen LogP contribution in [0.5, 0.6) is 0 Å². The number of alkyl halides is 3. The third kappa shape index (κ3) is 7.18. The topological polar surface area (TPSA) is 96.9 Å². The molecule has 0 aliphatic carbocycles. The lowest BCUT2D eigenvalue weighted by Gasteiger charge is -2.41. The number of piperidine rings is 1. The van der Waals surface area contributed by atoms with Gasteiger partial charge < -0.3 is 24.6 Å². The summed E-state index contributed by atoms with van der Waals surface area (Å²) in [4.78, 5) is 36.4. The molecule has 2 aliphatic heterocycles. The molecule has 12 heteroatoms. The Morgan fingerprint density at radius 1 is 1.20 bits per heavy atom. The highest BCUT2D eigenvalue weighted by Crippen LogP contribution is 2.31. The van der Waals surface area contributed by atoms with Gasteiger partial charge in [0, 0.05) is 44.5 Å². The minimum Gasteiger partial charge on any atom is -0.444 e. The second-order valence-corrected chi connectivity index (χ2v) is 10.2. The summed E-state index contributed by atoms with van der Waals surface area (Å²) in [6.45, 7) is 10.9. The standard InChI is InChI=1S/C23H34F3N5O4/c1-14-12-30(20-27-10-16(11-28-20)23(24,25)26)8-6-17(14)31-9-7-18(19(31)32)34-13-15(2)29-21(33)35-22(3,4)5/h10-11,14-15,17-18H,6-9,12-13H2,1-5H3,(H,29,33)/t14-,15-,17-,18+/m0/s1. The summed E-state index contributed by atoms with van der Waals surface area (Å²) in [6, 6.07) is -0.322. The molecule has 0 spiro atoms. The van der Waals surface area contributed by atoms with Gasteiger partial charge in [-0.05, 0) is 40.0 Å². The number of halogens is 3. The Labute approximate surface area is 203 Å². The Kier molecular flexibility index (Phi) is 8.13. The lowest BCUT2D eigenvalue weighted by atomic mass is 9.92. The first-order valence-corrected chi connectivity index (χ1v) is 11.8. The predicted octanol–water partition coefficient (Wildman–Crippen LogP) is 3.24. The molecule has 3 rings (SSSR count). The second-order valence-electron chi connectivity index (χ2n) is 10.2. The zero-order valence-electron chi connectivity index (χ0n) is 20.8. The number of hydrogen-bond donors (Lipinski definition) is 1. The number of ether oxygens (including phenoxy) is 2. The van der Waals surface area contributed by atoms with Gasteiger partial charge in [0.1, 0.15) is 11.7 Å². The number of carbonyl (C=O) groups excluding carboxylic acids is 2. The summed E-state index contributed by atoms with van der Waals surface area (Å²) in [6.07, 6.45) is -2.77. The Balaban J connectivity index is 1.48. The van der Waals surface area contributed by atoms with Gasteiger partial charge in [0.25, 0.3) is 5.91 Å². The molecule has 4 atom stereocenters. The summed E-state index contributed by atoms with van der Waals surface area (Å²) < 4.78 is 49.3. The van der Waals surface area contributed by atoms with Crippen LogP contribution in [0.3, 0.4) is 0 Å². The first-order valence-electron chi connectivity index (χ1n) is 11.8. The molecule has 2 aliphatic rings. The molecular weight excluding hydrogens is 467 g/mol. The van der Waals surface area contributed by atoms with Crippen molar-refractivity contribution in [3.63, 3.8) is 0 Å². The second kappa shape index (κ2) is 10.5. The van der Waals surface area contributed by atoms with Gasteiger partial charge in [-0.1, -0.05) is 6.92 Å². The van der Waals surface area contributed by atoms with Crippen LogP contribution in [0, 0.1) is 5.92 Å². The number of nitrogens with zero attached hydrogens (tertiary/aromatic N) is 4. The van der Waals surface area contributed by atoms with Crippen LogP contribution >= 0.6 is 0 Å². The minimum atomic E-state index is -4.48.